The third-order valence-corrected chi connectivity index (χ3v) is 5.79. The van der Waals surface area contributed by atoms with Crippen LogP contribution in [0.25, 0.3) is 0 Å². The largest absolute Gasteiger partial charge is 0.462 e. The summed E-state index contributed by atoms with van der Waals surface area (Å²) < 4.78 is 5.22. The summed E-state index contributed by atoms with van der Waals surface area (Å²) in [6, 6.07) is 7.07. The summed E-state index contributed by atoms with van der Waals surface area (Å²) in [6.45, 7) is 2.17. The van der Waals surface area contributed by atoms with Gasteiger partial charge in [-0.2, -0.15) is 0 Å². The van der Waals surface area contributed by atoms with Gasteiger partial charge < -0.3 is 15.4 Å². The highest BCUT2D eigenvalue weighted by atomic mass is 35.5. The third-order valence-electron chi connectivity index (χ3n) is 4.21. The molecule has 1 amide bonds. The van der Waals surface area contributed by atoms with Crippen molar-refractivity contribution in [3.8, 4) is 0 Å². The van der Waals surface area contributed by atoms with E-state index in [1.165, 1.54) is 4.88 Å². The molecule has 0 unspecified atom stereocenters. The van der Waals surface area contributed by atoms with Gasteiger partial charge >= 0.3 is 5.97 Å². The van der Waals surface area contributed by atoms with E-state index < -0.39 is 0 Å². The molecule has 0 bridgehead atoms. The van der Waals surface area contributed by atoms with E-state index in [2.05, 4.69) is 10.6 Å². The van der Waals surface area contributed by atoms with E-state index >= 15 is 0 Å². The first-order valence-electron chi connectivity index (χ1n) is 8.70. The average Bonchev–Trinajstić information content (AvgIpc) is 3.00. The van der Waals surface area contributed by atoms with Crippen LogP contribution in [0.4, 0.5) is 10.7 Å². The van der Waals surface area contributed by atoms with Crippen LogP contribution in [0.2, 0.25) is 5.02 Å². The van der Waals surface area contributed by atoms with Crippen molar-refractivity contribution < 1.29 is 14.3 Å². The van der Waals surface area contributed by atoms with E-state index in [1.54, 1.807) is 42.5 Å². The van der Waals surface area contributed by atoms with Crippen molar-refractivity contribution in [2.24, 2.45) is 0 Å². The SMILES string of the molecule is CCOC(=O)c1c(NCC(=O)Nc2ccccc2Cl)sc2c1CCCC2. The van der Waals surface area contributed by atoms with Gasteiger partial charge in [-0.3, -0.25) is 4.79 Å². The van der Waals surface area contributed by atoms with Gasteiger partial charge in [-0.25, -0.2) is 4.79 Å². The lowest BCUT2D eigenvalue weighted by molar-refractivity contribution is -0.114. The predicted octanol–water partition coefficient (Wildman–Crippen LogP) is 4.51. The van der Waals surface area contributed by atoms with Crippen LogP contribution < -0.4 is 10.6 Å². The second kappa shape index (κ2) is 8.56. The summed E-state index contributed by atoms with van der Waals surface area (Å²) in [5, 5.41) is 7.08. The Morgan fingerprint density at radius 3 is 2.77 bits per heavy atom. The Morgan fingerprint density at radius 2 is 2.00 bits per heavy atom. The Labute approximate surface area is 161 Å². The molecule has 0 fully saturated rings. The fourth-order valence-electron chi connectivity index (χ4n) is 3.03. The Hall–Kier alpha value is -2.05. The van der Waals surface area contributed by atoms with E-state index in [0.29, 0.717) is 27.9 Å². The Balaban J connectivity index is 1.73. The first kappa shape index (κ1) is 18.7. The van der Waals surface area contributed by atoms with Crippen LogP contribution in [0.5, 0.6) is 0 Å². The zero-order valence-corrected chi connectivity index (χ0v) is 16.1. The van der Waals surface area contributed by atoms with Crippen LogP contribution in [-0.2, 0) is 22.4 Å². The molecule has 0 saturated heterocycles. The number of aryl methyl sites for hydroxylation is 1. The highest BCUT2D eigenvalue weighted by Gasteiger charge is 2.26. The number of halogens is 1. The number of carbonyl (C=O) groups excluding carboxylic acids is 2. The van der Waals surface area contributed by atoms with Gasteiger partial charge in [0, 0.05) is 4.88 Å². The summed E-state index contributed by atoms with van der Waals surface area (Å²) in [5.74, 6) is -0.541. The summed E-state index contributed by atoms with van der Waals surface area (Å²) in [5.41, 5.74) is 2.24. The lowest BCUT2D eigenvalue weighted by atomic mass is 9.95. The minimum atomic E-state index is -0.319. The van der Waals surface area contributed by atoms with Gasteiger partial charge in [0.1, 0.15) is 5.00 Å². The molecule has 0 saturated carbocycles. The van der Waals surface area contributed by atoms with Gasteiger partial charge in [-0.1, -0.05) is 23.7 Å². The quantitative estimate of drug-likeness (QED) is 0.710. The smallest absolute Gasteiger partial charge is 0.341 e. The number of rotatable bonds is 6. The summed E-state index contributed by atoms with van der Waals surface area (Å²) in [6.07, 6.45) is 4.05. The molecule has 1 aliphatic carbocycles. The Kier molecular flexibility index (Phi) is 6.16. The summed E-state index contributed by atoms with van der Waals surface area (Å²) in [4.78, 5) is 25.9. The fourth-order valence-corrected chi connectivity index (χ4v) is 4.48. The number of fused-ring (bicyclic) bond motifs is 1. The number of benzene rings is 1. The van der Waals surface area contributed by atoms with Crippen molar-refractivity contribution in [2.45, 2.75) is 32.6 Å². The lowest BCUT2D eigenvalue weighted by Gasteiger charge is -2.12. The van der Waals surface area contributed by atoms with Crippen molar-refractivity contribution in [3.05, 3.63) is 45.3 Å². The molecule has 138 valence electrons. The topological polar surface area (TPSA) is 67.4 Å². The molecule has 0 aliphatic heterocycles. The monoisotopic (exact) mass is 392 g/mol. The molecule has 26 heavy (non-hydrogen) atoms. The Bertz CT molecular complexity index is 819. The van der Waals surface area contributed by atoms with Gasteiger partial charge in [0.25, 0.3) is 0 Å². The van der Waals surface area contributed by atoms with Crippen molar-refractivity contribution in [2.75, 3.05) is 23.8 Å². The molecule has 0 atom stereocenters. The van der Waals surface area contributed by atoms with Gasteiger partial charge in [-0.15, -0.1) is 11.3 Å². The van der Waals surface area contributed by atoms with Crippen molar-refractivity contribution in [1.82, 2.24) is 0 Å². The van der Waals surface area contributed by atoms with Crippen LogP contribution in [0.15, 0.2) is 24.3 Å². The average molecular weight is 393 g/mol. The molecule has 0 radical (unpaired) electrons. The van der Waals surface area contributed by atoms with Gasteiger partial charge in [0.2, 0.25) is 5.91 Å². The second-order valence-corrected chi connectivity index (χ2v) is 7.53. The zero-order chi connectivity index (χ0) is 18.5. The normalized spacial score (nSPS) is 13.0. The van der Waals surface area contributed by atoms with Crippen molar-refractivity contribution >= 4 is 45.5 Å². The van der Waals surface area contributed by atoms with Crippen LogP contribution in [0.3, 0.4) is 0 Å². The molecule has 1 aliphatic rings. The maximum absolute atomic E-state index is 12.4. The van der Waals surface area contributed by atoms with Crippen LogP contribution in [-0.4, -0.2) is 25.0 Å². The minimum absolute atomic E-state index is 0.0526. The van der Waals surface area contributed by atoms with E-state index in [1.807, 2.05) is 0 Å². The number of anilines is 2. The first-order chi connectivity index (χ1) is 12.6. The molecule has 0 spiro atoms. The third kappa shape index (κ3) is 4.19. The van der Waals surface area contributed by atoms with Crippen molar-refractivity contribution in [3.63, 3.8) is 0 Å². The molecule has 7 heteroatoms. The predicted molar refractivity (Wildman–Crippen MR) is 105 cm³/mol. The molecule has 5 nitrogen and oxygen atoms in total. The lowest BCUT2D eigenvalue weighted by Crippen LogP contribution is -2.22. The van der Waals surface area contributed by atoms with Crippen LogP contribution in [0, 0.1) is 0 Å². The number of para-hydroxylation sites is 1. The van der Waals surface area contributed by atoms with E-state index in [9.17, 15) is 9.59 Å². The first-order valence-corrected chi connectivity index (χ1v) is 9.89. The van der Waals surface area contributed by atoms with Gasteiger partial charge in [0.05, 0.1) is 29.4 Å². The molecule has 1 aromatic heterocycles. The van der Waals surface area contributed by atoms with Gasteiger partial charge in [-0.05, 0) is 50.3 Å². The van der Waals surface area contributed by atoms with E-state index in [4.69, 9.17) is 16.3 Å². The molecule has 1 heterocycles. The molecule has 2 aromatic rings. The molecular weight excluding hydrogens is 372 g/mol. The second-order valence-electron chi connectivity index (χ2n) is 6.02. The van der Waals surface area contributed by atoms with Crippen LogP contribution >= 0.6 is 22.9 Å². The number of hydrogen-bond donors (Lipinski definition) is 2. The van der Waals surface area contributed by atoms with E-state index in [0.717, 1.165) is 31.2 Å². The fraction of sp³-hybridized carbons (Fsp3) is 0.368. The molecule has 1 aromatic carbocycles. The highest BCUT2D eigenvalue weighted by molar-refractivity contribution is 7.16. The number of esters is 1. The van der Waals surface area contributed by atoms with E-state index in [-0.39, 0.29) is 18.4 Å². The number of nitrogens with one attached hydrogen (secondary N) is 2. The Morgan fingerprint density at radius 1 is 1.23 bits per heavy atom. The maximum Gasteiger partial charge on any atom is 0.341 e. The maximum atomic E-state index is 12.4. The summed E-state index contributed by atoms with van der Waals surface area (Å²) in [7, 11) is 0. The zero-order valence-electron chi connectivity index (χ0n) is 14.6. The molecular formula is C19H21ClN2O3S. The van der Waals surface area contributed by atoms with Crippen LogP contribution in [0.1, 0.15) is 40.6 Å². The number of ether oxygens (including phenoxy) is 1. The number of amides is 1. The van der Waals surface area contributed by atoms with Gasteiger partial charge in [0.15, 0.2) is 0 Å². The standard InChI is InChI=1S/C19H21ClN2O3S/c1-2-25-19(24)17-12-7-3-6-10-15(12)26-18(17)21-11-16(23)22-14-9-5-4-8-13(14)20/h4-5,8-9,21H,2-3,6-7,10-11H2,1H3,(H,22,23). The minimum Gasteiger partial charge on any atom is -0.462 e. The highest BCUT2D eigenvalue weighted by Crippen LogP contribution is 2.38. The number of thiophene rings is 1. The number of carbonyl (C=O) groups is 2. The van der Waals surface area contributed by atoms with Crippen molar-refractivity contribution in [1.29, 1.82) is 0 Å². The summed E-state index contributed by atoms with van der Waals surface area (Å²) >= 11 is 7.61. The molecule has 3 rings (SSSR count). The molecule has 2 N–H and O–H groups in total. The number of hydrogen-bond acceptors (Lipinski definition) is 5.